The fraction of sp³-hybridized carbons (Fsp3) is 0.636. The Kier molecular flexibility index (Phi) is 27.6. The predicted molar refractivity (Wildman–Crippen MR) is 208 cm³/mol. The number of allylic oxidation sites excluding steroid dienone is 2. The second-order valence-electron chi connectivity index (χ2n) is 13.5. The Morgan fingerprint density at radius 2 is 0.957 bits per heavy atom. The van der Waals surface area contributed by atoms with Gasteiger partial charge in [-0.15, -0.1) is 0 Å². The summed E-state index contributed by atoms with van der Waals surface area (Å²) in [5.74, 6) is 0. The van der Waals surface area contributed by atoms with Gasteiger partial charge in [0, 0.05) is 16.5 Å². The van der Waals surface area contributed by atoms with Crippen LogP contribution in [0.5, 0.6) is 0 Å². The van der Waals surface area contributed by atoms with E-state index < -0.39 is 0 Å². The van der Waals surface area contributed by atoms with Crippen LogP contribution in [0.1, 0.15) is 180 Å². The molecule has 3 heteroatoms. The van der Waals surface area contributed by atoms with E-state index in [9.17, 15) is 0 Å². The zero-order valence-corrected chi connectivity index (χ0v) is 31.9. The summed E-state index contributed by atoms with van der Waals surface area (Å²) in [6.45, 7) is 9.11. The van der Waals surface area contributed by atoms with Crippen LogP contribution >= 0.6 is 0 Å². The molecule has 0 atom stereocenters. The summed E-state index contributed by atoms with van der Waals surface area (Å²) in [5.41, 5.74) is 7.06. The third-order valence-corrected chi connectivity index (χ3v) is 9.04. The van der Waals surface area contributed by atoms with Gasteiger partial charge in [0.2, 0.25) is 0 Å². The summed E-state index contributed by atoms with van der Waals surface area (Å²) in [6.07, 6.45) is 35.5. The van der Waals surface area contributed by atoms with Crippen LogP contribution in [0.2, 0.25) is 0 Å². The van der Waals surface area contributed by atoms with E-state index in [0.717, 1.165) is 61.3 Å². The van der Waals surface area contributed by atoms with Crippen LogP contribution in [0.3, 0.4) is 0 Å². The fourth-order valence-corrected chi connectivity index (χ4v) is 6.10. The van der Waals surface area contributed by atoms with Crippen LogP contribution in [-0.2, 0) is 29.3 Å². The summed E-state index contributed by atoms with van der Waals surface area (Å²) in [4.78, 5) is 10.6. The maximum atomic E-state index is 5.28. The van der Waals surface area contributed by atoms with Gasteiger partial charge in [-0.3, -0.25) is 4.99 Å². The summed E-state index contributed by atoms with van der Waals surface area (Å²) in [7, 11) is 0. The standard InChI is InChI=1S/C44H70N2.Ni/c1-5-9-13-14-15-16-17-18-19-20-21-22-23-26-36-44(46-42-34-28-32-40(38-42)30-25-11-7-3)43(35-12-8-4)45-41-33-27-31-39(37-41)29-24-10-6-2;/h26-28,31-34,36-38H,5-25,29-30,35H2,1-4H3;/b36-26+,45-43+,46-44+;. The molecule has 0 aliphatic rings. The van der Waals surface area contributed by atoms with Crippen molar-refractivity contribution in [3.63, 3.8) is 0 Å². The summed E-state index contributed by atoms with van der Waals surface area (Å²) >= 11 is 0. The van der Waals surface area contributed by atoms with Gasteiger partial charge in [-0.1, -0.05) is 161 Å². The Labute approximate surface area is 301 Å². The number of hydrogen-bond acceptors (Lipinski definition) is 2. The number of aryl methyl sites for hydroxylation is 2. The number of aliphatic imine (C=N–C) groups is 2. The molecule has 2 rings (SSSR count). The van der Waals surface area contributed by atoms with Crippen molar-refractivity contribution in [1.29, 1.82) is 0 Å². The maximum Gasteiger partial charge on any atom is 0.0848 e. The molecule has 0 unspecified atom stereocenters. The minimum absolute atomic E-state index is 0. The molecular formula is C44H70N2Ni. The number of unbranched alkanes of at least 4 members (excludes halogenated alkanes) is 17. The Morgan fingerprint density at radius 3 is 1.47 bits per heavy atom. The molecular weight excluding hydrogens is 615 g/mol. The molecule has 0 bridgehead atoms. The van der Waals surface area contributed by atoms with E-state index in [1.54, 1.807) is 0 Å². The van der Waals surface area contributed by atoms with Crippen LogP contribution in [0.4, 0.5) is 11.4 Å². The molecule has 0 amide bonds. The van der Waals surface area contributed by atoms with E-state index in [2.05, 4.69) is 88.4 Å². The number of rotatable bonds is 28. The van der Waals surface area contributed by atoms with Crippen molar-refractivity contribution in [2.45, 2.75) is 182 Å². The molecule has 2 aromatic rings. The van der Waals surface area contributed by atoms with Crippen molar-refractivity contribution in [3.8, 4) is 0 Å². The van der Waals surface area contributed by atoms with E-state index in [1.165, 1.54) is 127 Å². The molecule has 0 fully saturated rings. The van der Waals surface area contributed by atoms with E-state index >= 15 is 0 Å². The van der Waals surface area contributed by atoms with Crippen molar-refractivity contribution in [3.05, 3.63) is 71.8 Å². The van der Waals surface area contributed by atoms with E-state index in [-0.39, 0.29) is 16.5 Å². The first-order valence-corrected chi connectivity index (χ1v) is 19.7. The van der Waals surface area contributed by atoms with Gasteiger partial charge in [0.25, 0.3) is 0 Å². The first-order valence-electron chi connectivity index (χ1n) is 19.7. The summed E-state index contributed by atoms with van der Waals surface area (Å²) in [6, 6.07) is 17.8. The van der Waals surface area contributed by atoms with Gasteiger partial charge in [-0.25, -0.2) is 4.99 Å². The largest absolute Gasteiger partial charge is 0.251 e. The van der Waals surface area contributed by atoms with Gasteiger partial charge in [-0.2, -0.15) is 0 Å². The third kappa shape index (κ3) is 21.6. The second kappa shape index (κ2) is 30.1. The topological polar surface area (TPSA) is 24.7 Å². The Bertz CT molecular complexity index is 1120. The van der Waals surface area contributed by atoms with Gasteiger partial charge in [0.05, 0.1) is 22.8 Å². The van der Waals surface area contributed by atoms with Gasteiger partial charge in [-0.05, 0) is 92.8 Å². The zero-order chi connectivity index (χ0) is 32.9. The molecule has 0 saturated heterocycles. The smallest absolute Gasteiger partial charge is 0.0848 e. The monoisotopic (exact) mass is 684 g/mol. The number of benzene rings is 2. The Morgan fingerprint density at radius 1 is 0.511 bits per heavy atom. The zero-order valence-electron chi connectivity index (χ0n) is 31.0. The molecule has 0 spiro atoms. The molecule has 0 aliphatic heterocycles. The van der Waals surface area contributed by atoms with Crippen molar-refractivity contribution in [1.82, 2.24) is 0 Å². The molecule has 0 aliphatic carbocycles. The first kappa shape index (κ1) is 43.0. The predicted octanol–water partition coefficient (Wildman–Crippen LogP) is 14.8. The Balaban J connectivity index is 0.0000110. The molecule has 0 N–H and O–H groups in total. The van der Waals surface area contributed by atoms with Crippen LogP contribution in [0, 0.1) is 0 Å². The molecule has 0 saturated carbocycles. The van der Waals surface area contributed by atoms with Crippen molar-refractivity contribution in [2.24, 2.45) is 9.98 Å². The molecule has 0 aromatic heterocycles. The average molecular weight is 686 g/mol. The van der Waals surface area contributed by atoms with Crippen molar-refractivity contribution >= 4 is 22.8 Å². The van der Waals surface area contributed by atoms with Crippen LogP contribution in [-0.4, -0.2) is 11.4 Å². The van der Waals surface area contributed by atoms with Gasteiger partial charge in [0.1, 0.15) is 0 Å². The van der Waals surface area contributed by atoms with Crippen LogP contribution in [0.15, 0.2) is 70.7 Å². The van der Waals surface area contributed by atoms with E-state index in [4.69, 9.17) is 9.98 Å². The molecule has 0 radical (unpaired) electrons. The van der Waals surface area contributed by atoms with E-state index in [1.807, 2.05) is 0 Å². The molecule has 2 nitrogen and oxygen atoms in total. The van der Waals surface area contributed by atoms with Crippen LogP contribution in [0.25, 0.3) is 0 Å². The summed E-state index contributed by atoms with van der Waals surface area (Å²) < 4.78 is 0. The molecule has 2 aromatic carbocycles. The third-order valence-electron chi connectivity index (χ3n) is 9.04. The minimum Gasteiger partial charge on any atom is -0.251 e. The van der Waals surface area contributed by atoms with Crippen LogP contribution < -0.4 is 0 Å². The quantitative estimate of drug-likeness (QED) is 0.0484. The maximum absolute atomic E-state index is 5.28. The normalized spacial score (nSPS) is 12.2. The summed E-state index contributed by atoms with van der Waals surface area (Å²) in [5, 5.41) is 0. The molecule has 47 heavy (non-hydrogen) atoms. The van der Waals surface area contributed by atoms with Gasteiger partial charge < -0.3 is 0 Å². The SMILES string of the molecule is CCCCCCCCCCCCCC/C=C/C(=N\c1cccc(CCCCC)c1)C(/CCCC)=N/c1cccc(CCCCC)c1.[Ni]. The number of nitrogens with zero attached hydrogens (tertiary/aromatic N) is 2. The minimum atomic E-state index is 0. The first-order chi connectivity index (χ1) is 22.7. The average Bonchev–Trinajstić information content (AvgIpc) is 3.07. The van der Waals surface area contributed by atoms with Gasteiger partial charge in [0.15, 0.2) is 0 Å². The van der Waals surface area contributed by atoms with Crippen molar-refractivity contribution in [2.75, 3.05) is 0 Å². The fourth-order valence-electron chi connectivity index (χ4n) is 6.10. The molecule has 266 valence electrons. The van der Waals surface area contributed by atoms with E-state index in [0.29, 0.717) is 0 Å². The van der Waals surface area contributed by atoms with Crippen molar-refractivity contribution < 1.29 is 16.5 Å². The van der Waals surface area contributed by atoms with Gasteiger partial charge >= 0.3 is 0 Å². The Hall–Kier alpha value is -1.99. The molecule has 0 heterocycles. The second-order valence-corrected chi connectivity index (χ2v) is 13.5. The number of hydrogen-bond donors (Lipinski definition) is 0.